The average molecular weight is 434 g/mol. The highest BCUT2D eigenvalue weighted by Gasteiger charge is 2.32. The van der Waals surface area contributed by atoms with Crippen LogP contribution in [0.15, 0.2) is 9.59 Å². The Bertz CT molecular complexity index is 1040. The monoisotopic (exact) mass is 434 g/mol. The van der Waals surface area contributed by atoms with Gasteiger partial charge < -0.3 is 15.0 Å². The van der Waals surface area contributed by atoms with E-state index in [1.54, 1.807) is 18.7 Å². The van der Waals surface area contributed by atoms with Gasteiger partial charge in [-0.2, -0.15) is 13.2 Å². The molecule has 1 N–H and O–H groups in total. The molecule has 0 radical (unpaired) electrons. The third-order valence-corrected chi connectivity index (χ3v) is 5.97. The van der Waals surface area contributed by atoms with Crippen molar-refractivity contribution in [2.24, 2.45) is 0 Å². The van der Waals surface area contributed by atoms with Crippen LogP contribution in [0.3, 0.4) is 0 Å². The zero-order chi connectivity index (χ0) is 21.3. The maximum absolute atomic E-state index is 13.0. The van der Waals surface area contributed by atoms with Crippen molar-refractivity contribution in [1.29, 1.82) is 0 Å². The molecule has 2 aromatic rings. The summed E-state index contributed by atoms with van der Waals surface area (Å²) in [5.74, 6) is 0. The number of halogens is 3. The first-order chi connectivity index (χ1) is 13.6. The van der Waals surface area contributed by atoms with Gasteiger partial charge in [-0.15, -0.1) is 11.3 Å². The number of aromatic nitrogens is 2. The normalized spacial score (nSPS) is 14.8. The molecule has 0 spiro atoms. The van der Waals surface area contributed by atoms with E-state index in [4.69, 9.17) is 4.74 Å². The molecule has 3 heterocycles. The molecule has 160 valence electrons. The quantitative estimate of drug-likeness (QED) is 0.672. The molecule has 8 nitrogen and oxygen atoms in total. The molecule has 0 aromatic carbocycles. The number of thiophene rings is 1. The van der Waals surface area contributed by atoms with E-state index >= 15 is 0 Å². The summed E-state index contributed by atoms with van der Waals surface area (Å²) >= 11 is 1.14. The van der Waals surface area contributed by atoms with Crippen molar-refractivity contribution < 1.29 is 22.7 Å². The molecular weight excluding hydrogens is 413 g/mol. The van der Waals surface area contributed by atoms with Crippen LogP contribution in [-0.4, -0.2) is 52.5 Å². The zero-order valence-corrected chi connectivity index (χ0v) is 16.8. The lowest BCUT2D eigenvalue weighted by Gasteiger charge is -2.13. The van der Waals surface area contributed by atoms with Crippen molar-refractivity contribution in [3.63, 3.8) is 0 Å². The van der Waals surface area contributed by atoms with Crippen LogP contribution in [0.4, 0.5) is 18.0 Å². The summed E-state index contributed by atoms with van der Waals surface area (Å²) in [7, 11) is 0. The number of fused-ring (bicyclic) bond motifs is 1. The molecule has 0 saturated carbocycles. The molecule has 3 rings (SSSR count). The number of rotatable bonds is 7. The van der Waals surface area contributed by atoms with Crippen LogP contribution in [0.25, 0.3) is 10.2 Å². The first kappa shape index (κ1) is 21.4. The number of hydrogen-bond donors (Lipinski definition) is 1. The van der Waals surface area contributed by atoms with E-state index in [2.05, 4.69) is 5.32 Å². The molecule has 0 aliphatic carbocycles. The number of nitrogens with zero attached hydrogens (tertiary/aromatic N) is 3. The van der Waals surface area contributed by atoms with Gasteiger partial charge in [0.25, 0.3) is 5.56 Å². The molecule has 0 bridgehead atoms. The third-order valence-electron chi connectivity index (χ3n) is 4.67. The highest BCUT2D eigenvalue weighted by Crippen LogP contribution is 2.29. The first-order valence-electron chi connectivity index (χ1n) is 9.07. The predicted molar refractivity (Wildman–Crippen MR) is 101 cm³/mol. The fraction of sp³-hybridized carbons (Fsp3) is 0.588. The van der Waals surface area contributed by atoms with Gasteiger partial charge in [-0.25, -0.2) is 9.59 Å². The van der Waals surface area contributed by atoms with Crippen molar-refractivity contribution >= 4 is 27.6 Å². The number of nitrogens with one attached hydrogen (secondary N) is 1. The van der Waals surface area contributed by atoms with Gasteiger partial charge in [-0.3, -0.25) is 13.9 Å². The Morgan fingerprint density at radius 3 is 2.52 bits per heavy atom. The summed E-state index contributed by atoms with van der Waals surface area (Å²) in [4.78, 5) is 39.8. The predicted octanol–water partition coefficient (Wildman–Crippen LogP) is 1.66. The van der Waals surface area contributed by atoms with Crippen molar-refractivity contribution in [3.8, 4) is 0 Å². The van der Waals surface area contributed by atoms with Crippen LogP contribution in [-0.2, 0) is 24.4 Å². The first-order valence-corrected chi connectivity index (χ1v) is 9.88. The summed E-state index contributed by atoms with van der Waals surface area (Å²) in [5.41, 5.74) is -1.51. The molecule has 12 heteroatoms. The molecule has 1 fully saturated rings. The minimum atomic E-state index is -4.71. The van der Waals surface area contributed by atoms with Crippen LogP contribution >= 0.6 is 11.3 Å². The Balaban J connectivity index is 2.16. The topological polar surface area (TPSA) is 85.6 Å². The van der Waals surface area contributed by atoms with E-state index in [1.807, 2.05) is 0 Å². The number of carbonyl (C=O) groups excluding carboxylic acids is 1. The highest BCUT2D eigenvalue weighted by molar-refractivity contribution is 7.18. The van der Waals surface area contributed by atoms with E-state index in [-0.39, 0.29) is 35.7 Å². The molecule has 2 amide bonds. The van der Waals surface area contributed by atoms with Gasteiger partial charge >= 0.3 is 17.9 Å². The summed E-state index contributed by atoms with van der Waals surface area (Å²) in [6.45, 7) is 3.46. The molecule has 29 heavy (non-hydrogen) atoms. The lowest BCUT2D eigenvalue weighted by atomic mass is 10.2. The summed E-state index contributed by atoms with van der Waals surface area (Å²) < 4.78 is 45.6. The van der Waals surface area contributed by atoms with Gasteiger partial charge in [-0.1, -0.05) is 0 Å². The second kappa shape index (κ2) is 8.19. The van der Waals surface area contributed by atoms with Crippen LogP contribution in [0, 0.1) is 6.92 Å². The third kappa shape index (κ3) is 4.32. The zero-order valence-electron chi connectivity index (χ0n) is 16.0. The fourth-order valence-electron chi connectivity index (χ4n) is 3.24. The van der Waals surface area contributed by atoms with E-state index in [0.29, 0.717) is 35.0 Å². The second-order valence-corrected chi connectivity index (χ2v) is 7.71. The van der Waals surface area contributed by atoms with E-state index in [1.165, 1.54) is 0 Å². The minimum Gasteiger partial charge on any atom is -0.380 e. The van der Waals surface area contributed by atoms with Gasteiger partial charge in [-0.05, 0) is 19.4 Å². The molecule has 0 unspecified atom stereocenters. The SMILES string of the molecule is CCOCCn1c(=O)n(CC(F)(F)F)c(=O)c2c(C)c(CN3CCNC3=O)sc21. The molecule has 0 atom stereocenters. The van der Waals surface area contributed by atoms with Gasteiger partial charge in [0.05, 0.1) is 25.1 Å². The Kier molecular flexibility index (Phi) is 6.03. The van der Waals surface area contributed by atoms with Gasteiger partial charge in [0.2, 0.25) is 0 Å². The number of carbonyl (C=O) groups is 1. The van der Waals surface area contributed by atoms with E-state index in [9.17, 15) is 27.6 Å². The van der Waals surface area contributed by atoms with Crippen LogP contribution < -0.4 is 16.6 Å². The lowest BCUT2D eigenvalue weighted by Crippen LogP contribution is -2.43. The standard InChI is InChI=1S/C17H21F3N4O4S/c1-3-28-7-6-23-14-12(13(25)24(16(23)27)9-17(18,19)20)10(2)11(29-14)8-22-5-4-21-15(22)26/h3-9H2,1-2H3,(H,21,26). The van der Waals surface area contributed by atoms with Gasteiger partial charge in [0.1, 0.15) is 11.4 Å². The summed E-state index contributed by atoms with van der Waals surface area (Å²) in [6.07, 6.45) is -4.71. The number of urea groups is 1. The average Bonchev–Trinajstić information content (AvgIpc) is 3.18. The smallest absolute Gasteiger partial charge is 0.380 e. The Morgan fingerprint density at radius 2 is 1.93 bits per heavy atom. The molecular formula is C17H21F3N4O4S. The van der Waals surface area contributed by atoms with Crippen molar-refractivity contribution in [2.75, 3.05) is 26.3 Å². The lowest BCUT2D eigenvalue weighted by molar-refractivity contribution is -0.141. The van der Waals surface area contributed by atoms with Crippen molar-refractivity contribution in [1.82, 2.24) is 19.4 Å². The minimum absolute atomic E-state index is 0.0188. The van der Waals surface area contributed by atoms with Crippen LogP contribution in [0.1, 0.15) is 17.4 Å². The summed E-state index contributed by atoms with van der Waals surface area (Å²) in [5, 5.41) is 2.75. The largest absolute Gasteiger partial charge is 0.406 e. The van der Waals surface area contributed by atoms with Crippen molar-refractivity contribution in [3.05, 3.63) is 31.3 Å². The molecule has 1 aliphatic rings. The summed E-state index contributed by atoms with van der Waals surface area (Å²) in [6, 6.07) is -0.245. The number of hydrogen-bond acceptors (Lipinski definition) is 5. The van der Waals surface area contributed by atoms with E-state index < -0.39 is 24.0 Å². The molecule has 1 aliphatic heterocycles. The van der Waals surface area contributed by atoms with Crippen LogP contribution in [0.5, 0.6) is 0 Å². The Hall–Kier alpha value is -2.34. The number of aryl methyl sites for hydroxylation is 1. The molecule has 2 aromatic heterocycles. The van der Waals surface area contributed by atoms with Gasteiger partial charge in [0.15, 0.2) is 0 Å². The number of alkyl halides is 3. The second-order valence-electron chi connectivity index (χ2n) is 6.62. The maximum atomic E-state index is 13.0. The highest BCUT2D eigenvalue weighted by atomic mass is 32.1. The van der Waals surface area contributed by atoms with Crippen LogP contribution in [0.2, 0.25) is 0 Å². The number of amides is 2. The van der Waals surface area contributed by atoms with Crippen molar-refractivity contribution in [2.45, 2.75) is 39.7 Å². The fourth-order valence-corrected chi connectivity index (χ4v) is 4.57. The van der Waals surface area contributed by atoms with Gasteiger partial charge in [0, 0.05) is 24.6 Å². The Labute approximate surface area is 167 Å². The van der Waals surface area contributed by atoms with E-state index in [0.717, 1.165) is 15.9 Å². The Morgan fingerprint density at radius 1 is 1.21 bits per heavy atom. The maximum Gasteiger partial charge on any atom is 0.406 e. The number of ether oxygens (including phenoxy) is 1. The molecule has 1 saturated heterocycles.